The zero-order chi connectivity index (χ0) is 19.5. The monoisotopic (exact) mass is 382 g/mol. The van der Waals surface area contributed by atoms with E-state index in [9.17, 15) is 13.6 Å². The van der Waals surface area contributed by atoms with Gasteiger partial charge in [0.15, 0.2) is 0 Å². The number of H-pyrrole nitrogens is 1. The molecule has 1 fully saturated rings. The summed E-state index contributed by atoms with van der Waals surface area (Å²) in [5, 5.41) is 0. The van der Waals surface area contributed by atoms with Crippen molar-refractivity contribution in [2.24, 2.45) is 0 Å². The summed E-state index contributed by atoms with van der Waals surface area (Å²) in [6, 6.07) is 8.64. The van der Waals surface area contributed by atoms with E-state index in [-0.39, 0.29) is 11.5 Å². The van der Waals surface area contributed by atoms with E-state index in [2.05, 4.69) is 19.9 Å². The molecule has 3 aromatic rings. The zero-order valence-electron chi connectivity index (χ0n) is 15.2. The van der Waals surface area contributed by atoms with E-state index in [1.165, 1.54) is 12.1 Å². The standard InChI is InChI=1S/C21H20F2N4O/c22-17-3-4-18(23)16(10-17)13-27-9-1-2-15(12-27)19-11-20(28)26-21(25-19)14-5-7-24-8-6-14/h3-8,10-11,15H,1-2,9,12-13H2,(H,25,26,28). The van der Waals surface area contributed by atoms with Crippen LogP contribution in [-0.4, -0.2) is 32.9 Å². The number of hydrogen-bond donors (Lipinski definition) is 1. The van der Waals surface area contributed by atoms with E-state index in [0.717, 1.165) is 42.8 Å². The van der Waals surface area contributed by atoms with Gasteiger partial charge in [-0.05, 0) is 49.7 Å². The Morgan fingerprint density at radius 3 is 2.79 bits per heavy atom. The first-order valence-electron chi connectivity index (χ1n) is 9.26. The summed E-state index contributed by atoms with van der Waals surface area (Å²) < 4.78 is 27.4. The van der Waals surface area contributed by atoms with Gasteiger partial charge < -0.3 is 4.98 Å². The number of benzene rings is 1. The molecule has 1 unspecified atom stereocenters. The predicted octanol–water partition coefficient (Wildman–Crippen LogP) is 3.49. The van der Waals surface area contributed by atoms with Crippen LogP contribution in [0, 0.1) is 11.6 Å². The molecule has 0 spiro atoms. The van der Waals surface area contributed by atoms with E-state index in [1.807, 2.05) is 0 Å². The fraction of sp³-hybridized carbons (Fsp3) is 0.286. The van der Waals surface area contributed by atoms with Crippen LogP contribution in [0.15, 0.2) is 53.6 Å². The Bertz CT molecular complexity index is 1020. The van der Waals surface area contributed by atoms with Crippen LogP contribution in [0.2, 0.25) is 0 Å². The van der Waals surface area contributed by atoms with Gasteiger partial charge in [-0.3, -0.25) is 14.7 Å². The molecule has 0 bridgehead atoms. The normalized spacial score (nSPS) is 17.6. The van der Waals surface area contributed by atoms with Gasteiger partial charge in [-0.25, -0.2) is 13.8 Å². The molecule has 5 nitrogen and oxygen atoms in total. The maximum absolute atomic E-state index is 14.0. The third-order valence-electron chi connectivity index (χ3n) is 5.04. The maximum Gasteiger partial charge on any atom is 0.251 e. The number of nitrogens with zero attached hydrogens (tertiary/aromatic N) is 3. The van der Waals surface area contributed by atoms with Gasteiger partial charge in [-0.2, -0.15) is 0 Å². The third kappa shape index (κ3) is 4.14. The molecule has 0 aliphatic carbocycles. The summed E-state index contributed by atoms with van der Waals surface area (Å²) in [7, 11) is 0. The van der Waals surface area contributed by atoms with Gasteiger partial charge in [-0.1, -0.05) is 0 Å². The minimum absolute atomic E-state index is 0.0632. The van der Waals surface area contributed by atoms with Crippen LogP contribution < -0.4 is 5.56 Å². The van der Waals surface area contributed by atoms with Gasteiger partial charge in [-0.15, -0.1) is 0 Å². The Labute approximate surface area is 161 Å². The third-order valence-corrected chi connectivity index (χ3v) is 5.04. The fourth-order valence-corrected chi connectivity index (χ4v) is 3.68. The van der Waals surface area contributed by atoms with E-state index in [4.69, 9.17) is 0 Å². The molecule has 4 rings (SSSR count). The summed E-state index contributed by atoms with van der Waals surface area (Å²) in [4.78, 5) is 25.7. The number of rotatable bonds is 4. The fourth-order valence-electron chi connectivity index (χ4n) is 3.68. The first-order valence-corrected chi connectivity index (χ1v) is 9.26. The summed E-state index contributed by atoms with van der Waals surface area (Å²) in [6.45, 7) is 1.77. The lowest BCUT2D eigenvalue weighted by molar-refractivity contribution is 0.196. The Morgan fingerprint density at radius 2 is 1.96 bits per heavy atom. The van der Waals surface area contributed by atoms with Gasteiger partial charge >= 0.3 is 0 Å². The van der Waals surface area contributed by atoms with Gasteiger partial charge in [0.25, 0.3) is 5.56 Å². The van der Waals surface area contributed by atoms with Crippen LogP contribution in [-0.2, 0) is 6.54 Å². The van der Waals surface area contributed by atoms with E-state index < -0.39 is 11.6 Å². The maximum atomic E-state index is 14.0. The van der Waals surface area contributed by atoms with Crippen LogP contribution in [0.3, 0.4) is 0 Å². The topological polar surface area (TPSA) is 61.9 Å². The molecule has 3 heterocycles. The molecule has 7 heteroatoms. The van der Waals surface area contributed by atoms with Crippen LogP contribution in [0.5, 0.6) is 0 Å². The molecule has 1 aliphatic rings. The average molecular weight is 382 g/mol. The van der Waals surface area contributed by atoms with Gasteiger partial charge in [0.2, 0.25) is 0 Å². The van der Waals surface area contributed by atoms with Crippen molar-refractivity contribution in [2.75, 3.05) is 13.1 Å². The largest absolute Gasteiger partial charge is 0.307 e. The Hall–Kier alpha value is -2.93. The van der Waals surface area contributed by atoms with Crippen LogP contribution in [0.4, 0.5) is 8.78 Å². The molecule has 2 aromatic heterocycles. The molecule has 28 heavy (non-hydrogen) atoms. The lowest BCUT2D eigenvalue weighted by Crippen LogP contribution is -2.35. The molecule has 1 aliphatic heterocycles. The second-order valence-electron chi connectivity index (χ2n) is 7.06. The van der Waals surface area contributed by atoms with Crippen LogP contribution in [0.25, 0.3) is 11.4 Å². The SMILES string of the molecule is O=c1cc(C2CCCN(Cc3cc(F)ccc3F)C2)nc(-c2ccncc2)[nH]1. The highest BCUT2D eigenvalue weighted by Crippen LogP contribution is 2.27. The number of piperidine rings is 1. The zero-order valence-corrected chi connectivity index (χ0v) is 15.2. The lowest BCUT2D eigenvalue weighted by Gasteiger charge is -2.32. The Morgan fingerprint density at radius 1 is 1.14 bits per heavy atom. The summed E-state index contributed by atoms with van der Waals surface area (Å²) in [5.74, 6) is -0.271. The summed E-state index contributed by atoms with van der Waals surface area (Å²) >= 11 is 0. The van der Waals surface area contributed by atoms with Crippen molar-refractivity contribution in [1.82, 2.24) is 19.9 Å². The molecule has 1 N–H and O–H groups in total. The number of hydrogen-bond acceptors (Lipinski definition) is 4. The Balaban J connectivity index is 1.55. The second-order valence-corrected chi connectivity index (χ2v) is 7.06. The number of aromatic nitrogens is 3. The van der Waals surface area contributed by atoms with Crippen molar-refractivity contribution < 1.29 is 8.78 Å². The first kappa shape index (κ1) is 18.4. The van der Waals surface area contributed by atoms with Crippen molar-refractivity contribution in [1.29, 1.82) is 0 Å². The minimum atomic E-state index is -0.441. The van der Waals surface area contributed by atoms with Gasteiger partial charge in [0.1, 0.15) is 17.5 Å². The summed E-state index contributed by atoms with van der Waals surface area (Å²) in [5.41, 5.74) is 1.66. The van der Waals surface area contributed by atoms with Crippen molar-refractivity contribution in [3.05, 3.63) is 82.0 Å². The van der Waals surface area contributed by atoms with Crippen molar-refractivity contribution >= 4 is 0 Å². The molecule has 0 amide bonds. The number of pyridine rings is 1. The molecule has 0 radical (unpaired) electrons. The quantitative estimate of drug-likeness (QED) is 0.750. The second kappa shape index (κ2) is 7.98. The molecule has 144 valence electrons. The molecule has 0 saturated carbocycles. The van der Waals surface area contributed by atoms with E-state index in [1.54, 1.807) is 24.5 Å². The van der Waals surface area contributed by atoms with Crippen molar-refractivity contribution in [3.63, 3.8) is 0 Å². The molecular formula is C21H20F2N4O. The predicted molar refractivity (Wildman–Crippen MR) is 102 cm³/mol. The Kier molecular flexibility index (Phi) is 5.25. The number of nitrogens with one attached hydrogen (secondary N) is 1. The van der Waals surface area contributed by atoms with E-state index >= 15 is 0 Å². The lowest BCUT2D eigenvalue weighted by atomic mass is 9.94. The van der Waals surface area contributed by atoms with Crippen molar-refractivity contribution in [2.45, 2.75) is 25.3 Å². The highest BCUT2D eigenvalue weighted by Gasteiger charge is 2.24. The average Bonchev–Trinajstić information content (AvgIpc) is 2.71. The minimum Gasteiger partial charge on any atom is -0.307 e. The van der Waals surface area contributed by atoms with Crippen LogP contribution >= 0.6 is 0 Å². The number of likely N-dealkylation sites (tertiary alicyclic amines) is 1. The smallest absolute Gasteiger partial charge is 0.251 e. The van der Waals surface area contributed by atoms with Crippen molar-refractivity contribution in [3.8, 4) is 11.4 Å². The van der Waals surface area contributed by atoms with Gasteiger partial charge in [0, 0.05) is 48.6 Å². The first-order chi connectivity index (χ1) is 13.6. The highest BCUT2D eigenvalue weighted by molar-refractivity contribution is 5.53. The molecule has 1 saturated heterocycles. The van der Waals surface area contributed by atoms with Gasteiger partial charge in [0.05, 0.1) is 5.69 Å². The van der Waals surface area contributed by atoms with Crippen LogP contribution in [0.1, 0.15) is 30.0 Å². The molecular weight excluding hydrogens is 362 g/mol. The number of aromatic amines is 1. The highest BCUT2D eigenvalue weighted by atomic mass is 19.1. The molecule has 1 aromatic carbocycles. The number of halogens is 2. The summed E-state index contributed by atoms with van der Waals surface area (Å²) in [6.07, 6.45) is 5.10. The molecule has 1 atom stereocenters. The van der Waals surface area contributed by atoms with E-state index in [0.29, 0.717) is 24.5 Å².